The van der Waals surface area contributed by atoms with Crippen molar-refractivity contribution in [2.45, 2.75) is 56.0 Å². The third kappa shape index (κ3) is 5.92. The first kappa shape index (κ1) is 28.9. The van der Waals surface area contributed by atoms with Crippen molar-refractivity contribution in [3.8, 4) is 5.75 Å². The van der Waals surface area contributed by atoms with Crippen LogP contribution in [-0.4, -0.2) is 25.2 Å². The summed E-state index contributed by atoms with van der Waals surface area (Å²) in [5, 5.41) is 6.47. The number of amides is 1. The van der Waals surface area contributed by atoms with Gasteiger partial charge in [-0.05, 0) is 48.2 Å². The van der Waals surface area contributed by atoms with E-state index >= 15 is 0 Å². The van der Waals surface area contributed by atoms with E-state index in [1.807, 2.05) is 48.5 Å². The Hall–Kier alpha value is -3.57. The third-order valence-corrected chi connectivity index (χ3v) is 7.86. The van der Waals surface area contributed by atoms with Crippen molar-refractivity contribution in [1.29, 1.82) is 0 Å². The number of alkyl halides is 6. The minimum atomic E-state index is -4.94. The first-order valence-corrected chi connectivity index (χ1v) is 13.0. The highest BCUT2D eigenvalue weighted by molar-refractivity contribution is 5.80. The molecular weight excluding hydrogens is 550 g/mol. The summed E-state index contributed by atoms with van der Waals surface area (Å²) in [6.07, 6.45) is -9.77. The predicted octanol–water partition coefficient (Wildman–Crippen LogP) is 6.21. The minimum absolute atomic E-state index is 0.0995. The van der Waals surface area contributed by atoms with Gasteiger partial charge < -0.3 is 20.1 Å². The van der Waals surface area contributed by atoms with Gasteiger partial charge in [-0.15, -0.1) is 0 Å². The normalized spacial score (nSPS) is 23.9. The summed E-state index contributed by atoms with van der Waals surface area (Å²) in [6, 6.07) is 17.7. The standard InChI is InChI=1S/C30H28F6N2O3/c1-40-25-10-6-5-7-19(25)16-37-27(39)23-15-28(20-8-3-2-4-9-20)26(14-24(23)38-28)41-17-18-11-21(29(31,32)33)13-22(12-18)30(34,35)36/h2-13,23-24,26,38H,14-17H2,1H3,(H,37,39). The molecule has 2 bridgehead atoms. The van der Waals surface area contributed by atoms with Crippen LogP contribution in [0.5, 0.6) is 5.75 Å². The zero-order valence-electron chi connectivity index (χ0n) is 22.0. The van der Waals surface area contributed by atoms with Gasteiger partial charge in [0.25, 0.3) is 0 Å². The van der Waals surface area contributed by atoms with Crippen molar-refractivity contribution in [1.82, 2.24) is 10.6 Å². The number of carbonyl (C=O) groups excluding carboxylic acids is 1. The van der Waals surface area contributed by atoms with Crippen LogP contribution in [0.15, 0.2) is 72.8 Å². The van der Waals surface area contributed by atoms with E-state index in [9.17, 15) is 31.1 Å². The number of hydrogen-bond donors (Lipinski definition) is 2. The summed E-state index contributed by atoms with van der Waals surface area (Å²) >= 11 is 0. The van der Waals surface area contributed by atoms with Crippen LogP contribution in [0.4, 0.5) is 26.3 Å². The topological polar surface area (TPSA) is 59.6 Å². The van der Waals surface area contributed by atoms with E-state index in [4.69, 9.17) is 9.47 Å². The fourth-order valence-electron chi connectivity index (χ4n) is 5.93. The molecule has 5 nitrogen and oxygen atoms in total. The lowest BCUT2D eigenvalue weighted by Gasteiger charge is -2.36. The number of benzene rings is 3. The number of methoxy groups -OCH3 is 1. The van der Waals surface area contributed by atoms with Crippen LogP contribution in [0.3, 0.4) is 0 Å². The molecule has 2 N–H and O–H groups in total. The Balaban J connectivity index is 1.35. The maximum atomic E-state index is 13.4. The molecule has 0 saturated carbocycles. The molecule has 3 aromatic rings. The van der Waals surface area contributed by atoms with E-state index in [1.54, 1.807) is 13.2 Å². The monoisotopic (exact) mass is 578 g/mol. The summed E-state index contributed by atoms with van der Waals surface area (Å²) in [5.41, 5.74) is -2.20. The average Bonchev–Trinajstić information content (AvgIpc) is 3.52. The Labute approximate surface area is 232 Å². The highest BCUT2D eigenvalue weighted by Crippen LogP contribution is 2.50. The quantitative estimate of drug-likeness (QED) is 0.312. The maximum absolute atomic E-state index is 13.4. The summed E-state index contributed by atoms with van der Waals surface area (Å²) in [4.78, 5) is 13.3. The molecule has 218 valence electrons. The van der Waals surface area contributed by atoms with Crippen LogP contribution in [0.2, 0.25) is 0 Å². The highest BCUT2D eigenvalue weighted by Gasteiger charge is 2.59. The fraction of sp³-hybridized carbons (Fsp3) is 0.367. The van der Waals surface area contributed by atoms with Gasteiger partial charge in [0, 0.05) is 18.2 Å². The Morgan fingerprint density at radius 2 is 1.59 bits per heavy atom. The molecule has 2 saturated heterocycles. The molecule has 3 aromatic carbocycles. The van der Waals surface area contributed by atoms with Crippen LogP contribution < -0.4 is 15.4 Å². The second-order valence-electron chi connectivity index (χ2n) is 10.4. The molecule has 0 spiro atoms. The van der Waals surface area contributed by atoms with Crippen molar-refractivity contribution in [3.05, 3.63) is 101 Å². The van der Waals surface area contributed by atoms with Gasteiger partial charge in [0.05, 0.1) is 42.4 Å². The Kier molecular flexibility index (Phi) is 7.78. The van der Waals surface area contributed by atoms with Gasteiger partial charge in [0.15, 0.2) is 0 Å². The summed E-state index contributed by atoms with van der Waals surface area (Å²) < 4.78 is 91.5. The SMILES string of the molecule is COc1ccccc1CNC(=O)C1CC2(c3ccccc3)NC1CC2OCc1cc(C(F)(F)F)cc(C(F)(F)F)c1. The Morgan fingerprint density at radius 1 is 0.951 bits per heavy atom. The van der Waals surface area contributed by atoms with Crippen LogP contribution in [0, 0.1) is 5.92 Å². The fourth-order valence-corrected chi connectivity index (χ4v) is 5.93. The average molecular weight is 579 g/mol. The van der Waals surface area contributed by atoms with Gasteiger partial charge in [-0.25, -0.2) is 0 Å². The van der Waals surface area contributed by atoms with E-state index in [1.165, 1.54) is 0 Å². The number of fused-ring (bicyclic) bond motifs is 2. The van der Waals surface area contributed by atoms with E-state index in [-0.39, 0.29) is 30.1 Å². The van der Waals surface area contributed by atoms with E-state index in [0.29, 0.717) is 30.7 Å². The van der Waals surface area contributed by atoms with Gasteiger partial charge in [0.2, 0.25) is 5.91 Å². The smallest absolute Gasteiger partial charge is 0.416 e. The number of halogens is 6. The molecule has 4 unspecified atom stereocenters. The molecule has 4 atom stereocenters. The molecular formula is C30H28F6N2O3. The number of hydrogen-bond acceptors (Lipinski definition) is 4. The molecule has 2 heterocycles. The molecule has 1 amide bonds. The lowest BCUT2D eigenvalue weighted by atomic mass is 9.74. The van der Waals surface area contributed by atoms with Gasteiger partial charge in [-0.1, -0.05) is 48.5 Å². The minimum Gasteiger partial charge on any atom is -0.496 e. The molecule has 11 heteroatoms. The lowest BCUT2D eigenvalue weighted by molar-refractivity contribution is -0.143. The Morgan fingerprint density at radius 3 is 2.22 bits per heavy atom. The molecule has 2 aliphatic heterocycles. The number of ether oxygens (including phenoxy) is 2. The van der Waals surface area contributed by atoms with Crippen molar-refractivity contribution in [2.24, 2.45) is 5.92 Å². The second-order valence-corrected chi connectivity index (χ2v) is 10.4. The number of rotatable bonds is 8. The van der Waals surface area contributed by atoms with E-state index in [2.05, 4.69) is 10.6 Å². The first-order chi connectivity index (χ1) is 19.4. The van der Waals surface area contributed by atoms with E-state index < -0.39 is 47.6 Å². The number of para-hydroxylation sites is 1. The predicted molar refractivity (Wildman–Crippen MR) is 138 cm³/mol. The van der Waals surface area contributed by atoms with Crippen LogP contribution in [0.25, 0.3) is 0 Å². The number of carbonyl (C=O) groups is 1. The second kappa shape index (κ2) is 11.0. The molecule has 0 radical (unpaired) electrons. The van der Waals surface area contributed by atoms with Gasteiger partial charge >= 0.3 is 12.4 Å². The third-order valence-electron chi connectivity index (χ3n) is 7.86. The summed E-state index contributed by atoms with van der Waals surface area (Å²) in [5.74, 6) is 0.0591. The van der Waals surface area contributed by atoms with Crippen LogP contribution in [-0.2, 0) is 40.6 Å². The summed E-state index contributed by atoms with van der Waals surface area (Å²) in [7, 11) is 1.55. The maximum Gasteiger partial charge on any atom is 0.416 e. The van der Waals surface area contributed by atoms with Crippen molar-refractivity contribution < 1.29 is 40.6 Å². The van der Waals surface area contributed by atoms with Crippen molar-refractivity contribution in [3.63, 3.8) is 0 Å². The number of nitrogens with one attached hydrogen (secondary N) is 2. The first-order valence-electron chi connectivity index (χ1n) is 13.0. The lowest BCUT2D eigenvalue weighted by Crippen LogP contribution is -2.45. The van der Waals surface area contributed by atoms with E-state index in [0.717, 1.165) is 11.1 Å². The molecule has 2 fully saturated rings. The molecule has 2 aliphatic rings. The van der Waals surface area contributed by atoms with Gasteiger partial charge in [-0.3, -0.25) is 4.79 Å². The zero-order chi connectivity index (χ0) is 29.4. The largest absolute Gasteiger partial charge is 0.496 e. The Bertz CT molecular complexity index is 1360. The molecule has 5 rings (SSSR count). The summed E-state index contributed by atoms with van der Waals surface area (Å²) in [6.45, 7) is -0.188. The molecule has 0 aliphatic carbocycles. The molecule has 41 heavy (non-hydrogen) atoms. The zero-order valence-corrected chi connectivity index (χ0v) is 22.0. The van der Waals surface area contributed by atoms with Gasteiger partial charge in [-0.2, -0.15) is 26.3 Å². The molecule has 0 aromatic heterocycles. The van der Waals surface area contributed by atoms with Crippen molar-refractivity contribution >= 4 is 5.91 Å². The highest BCUT2D eigenvalue weighted by atomic mass is 19.4. The van der Waals surface area contributed by atoms with Crippen molar-refractivity contribution in [2.75, 3.05) is 7.11 Å². The van der Waals surface area contributed by atoms with Crippen LogP contribution in [0.1, 0.15) is 40.7 Å². The van der Waals surface area contributed by atoms with Crippen LogP contribution >= 0.6 is 0 Å². The van der Waals surface area contributed by atoms with Gasteiger partial charge in [0.1, 0.15) is 5.75 Å².